The molecule has 14 heavy (non-hydrogen) atoms. The van der Waals surface area contributed by atoms with Gasteiger partial charge in [0.2, 0.25) is 0 Å². The Morgan fingerprint density at radius 2 is 2.14 bits per heavy atom. The lowest BCUT2D eigenvalue weighted by Crippen LogP contribution is -2.45. The van der Waals surface area contributed by atoms with E-state index in [1.54, 1.807) is 7.11 Å². The lowest BCUT2D eigenvalue weighted by Gasteiger charge is -2.25. The summed E-state index contributed by atoms with van der Waals surface area (Å²) in [5.41, 5.74) is 4.03. The highest BCUT2D eigenvalue weighted by atomic mass is 16.5. The molecule has 0 radical (unpaired) electrons. The van der Waals surface area contributed by atoms with Crippen molar-refractivity contribution in [3.63, 3.8) is 0 Å². The van der Waals surface area contributed by atoms with Crippen LogP contribution in [0.5, 0.6) is 0 Å². The average molecular weight is 200 g/mol. The predicted molar refractivity (Wildman–Crippen MR) is 60.9 cm³/mol. The monoisotopic (exact) mass is 200 g/mol. The largest absolute Gasteiger partial charge is 0.380 e. The Hall–Kier alpha value is -0.380. The maximum atomic E-state index is 5.51. The van der Waals surface area contributed by atoms with Gasteiger partial charge in [0.15, 0.2) is 0 Å². The fourth-order valence-corrected chi connectivity index (χ4v) is 1.52. The first-order valence-corrected chi connectivity index (χ1v) is 5.35. The van der Waals surface area contributed by atoms with Crippen molar-refractivity contribution in [3.8, 4) is 0 Å². The summed E-state index contributed by atoms with van der Waals surface area (Å²) in [5, 5.41) is 0. The van der Waals surface area contributed by atoms with Crippen LogP contribution in [0.2, 0.25) is 0 Å². The van der Waals surface area contributed by atoms with Gasteiger partial charge in [0.25, 0.3) is 0 Å². The number of ether oxygens (including phenoxy) is 1. The van der Waals surface area contributed by atoms with Crippen LogP contribution in [0.4, 0.5) is 0 Å². The highest BCUT2D eigenvalue weighted by Gasteiger charge is 2.19. The third-order valence-corrected chi connectivity index (χ3v) is 2.55. The molecule has 0 rings (SSSR count). The molecule has 0 bridgehead atoms. The van der Waals surface area contributed by atoms with Crippen LogP contribution in [0.15, 0.2) is 12.2 Å². The first kappa shape index (κ1) is 13.6. The van der Waals surface area contributed by atoms with E-state index < -0.39 is 0 Å². The molecule has 0 spiro atoms. The Labute approximate surface area is 87.7 Å². The molecule has 0 saturated heterocycles. The van der Waals surface area contributed by atoms with Gasteiger partial charge in [-0.05, 0) is 19.3 Å². The smallest absolute Gasteiger partial charge is 0.0740 e. The first-order chi connectivity index (χ1) is 6.69. The van der Waals surface area contributed by atoms with Crippen LogP contribution in [0.25, 0.3) is 0 Å². The van der Waals surface area contributed by atoms with Crippen molar-refractivity contribution in [2.75, 3.05) is 7.11 Å². The van der Waals surface area contributed by atoms with Crippen molar-refractivity contribution in [1.29, 1.82) is 0 Å². The molecule has 3 heteroatoms. The standard InChI is InChI=1S/C11H24N2O/c1-5-7-11(14-4)10(13-12)8-9(3)6-2/h10-11,13H,3,5-8,12H2,1-2,4H3. The number of hydrogen-bond acceptors (Lipinski definition) is 3. The van der Waals surface area contributed by atoms with Gasteiger partial charge in [-0.3, -0.25) is 11.3 Å². The molecule has 0 aliphatic heterocycles. The summed E-state index contributed by atoms with van der Waals surface area (Å²) in [4.78, 5) is 0. The van der Waals surface area contributed by atoms with Crippen molar-refractivity contribution in [2.45, 2.75) is 51.7 Å². The summed E-state index contributed by atoms with van der Waals surface area (Å²) in [6.07, 6.45) is 4.22. The summed E-state index contributed by atoms with van der Waals surface area (Å²) >= 11 is 0. The molecule has 0 aromatic heterocycles. The van der Waals surface area contributed by atoms with Gasteiger partial charge < -0.3 is 4.74 Å². The Balaban J connectivity index is 4.13. The average Bonchev–Trinajstić information content (AvgIpc) is 2.22. The number of nitrogens with one attached hydrogen (secondary N) is 1. The third kappa shape index (κ3) is 4.74. The Morgan fingerprint density at radius 1 is 1.50 bits per heavy atom. The minimum absolute atomic E-state index is 0.187. The van der Waals surface area contributed by atoms with Crippen molar-refractivity contribution in [1.82, 2.24) is 5.43 Å². The maximum absolute atomic E-state index is 5.51. The molecule has 0 heterocycles. The van der Waals surface area contributed by atoms with Crippen molar-refractivity contribution >= 4 is 0 Å². The van der Waals surface area contributed by atoms with Gasteiger partial charge in [-0.15, -0.1) is 0 Å². The van der Waals surface area contributed by atoms with Crippen LogP contribution in [-0.4, -0.2) is 19.3 Å². The SMILES string of the molecule is C=C(CC)CC(NN)C(CCC)OC. The Kier molecular flexibility index (Phi) is 7.76. The van der Waals surface area contributed by atoms with Gasteiger partial charge >= 0.3 is 0 Å². The van der Waals surface area contributed by atoms with Crippen LogP contribution in [0.1, 0.15) is 39.5 Å². The van der Waals surface area contributed by atoms with Crippen molar-refractivity contribution in [2.24, 2.45) is 5.84 Å². The number of nitrogens with two attached hydrogens (primary N) is 1. The van der Waals surface area contributed by atoms with E-state index in [0.717, 1.165) is 25.7 Å². The predicted octanol–water partition coefficient (Wildman–Crippen LogP) is 1.99. The Morgan fingerprint density at radius 3 is 2.50 bits per heavy atom. The van der Waals surface area contributed by atoms with E-state index in [1.165, 1.54) is 5.57 Å². The zero-order chi connectivity index (χ0) is 11.0. The number of methoxy groups -OCH3 is 1. The van der Waals surface area contributed by atoms with E-state index in [9.17, 15) is 0 Å². The van der Waals surface area contributed by atoms with Crippen molar-refractivity contribution < 1.29 is 4.74 Å². The molecule has 0 aromatic carbocycles. The van der Waals surface area contributed by atoms with Gasteiger partial charge in [0.1, 0.15) is 0 Å². The zero-order valence-electron chi connectivity index (χ0n) is 9.68. The second-order valence-corrected chi connectivity index (χ2v) is 3.64. The van der Waals surface area contributed by atoms with Crippen LogP contribution < -0.4 is 11.3 Å². The second kappa shape index (κ2) is 7.97. The number of rotatable bonds is 8. The Bertz CT molecular complexity index is 159. The molecule has 84 valence electrons. The highest BCUT2D eigenvalue weighted by molar-refractivity contribution is 4.98. The van der Waals surface area contributed by atoms with Crippen LogP contribution in [-0.2, 0) is 4.74 Å². The van der Waals surface area contributed by atoms with Crippen LogP contribution in [0, 0.1) is 0 Å². The summed E-state index contributed by atoms with van der Waals surface area (Å²) in [6, 6.07) is 0.187. The molecule has 0 fully saturated rings. The summed E-state index contributed by atoms with van der Waals surface area (Å²) in [7, 11) is 1.74. The molecule has 0 aliphatic carbocycles. The van der Waals surface area contributed by atoms with E-state index in [1.807, 2.05) is 0 Å². The van der Waals surface area contributed by atoms with E-state index in [-0.39, 0.29) is 12.1 Å². The minimum atomic E-state index is 0.187. The van der Waals surface area contributed by atoms with Gasteiger partial charge in [0.05, 0.1) is 12.1 Å². The lowest BCUT2D eigenvalue weighted by molar-refractivity contribution is 0.0607. The summed E-state index contributed by atoms with van der Waals surface area (Å²) in [5.74, 6) is 5.51. The maximum Gasteiger partial charge on any atom is 0.0740 e. The quantitative estimate of drug-likeness (QED) is 0.358. The van der Waals surface area contributed by atoms with Crippen molar-refractivity contribution in [3.05, 3.63) is 12.2 Å². The van der Waals surface area contributed by atoms with E-state index in [2.05, 4.69) is 25.9 Å². The number of hydrogen-bond donors (Lipinski definition) is 2. The van der Waals surface area contributed by atoms with Crippen LogP contribution in [0.3, 0.4) is 0 Å². The van der Waals surface area contributed by atoms with Gasteiger partial charge in [-0.25, -0.2) is 0 Å². The summed E-state index contributed by atoms with van der Waals surface area (Å²) < 4.78 is 5.41. The fraction of sp³-hybridized carbons (Fsp3) is 0.818. The molecular weight excluding hydrogens is 176 g/mol. The topological polar surface area (TPSA) is 47.3 Å². The fourth-order valence-electron chi connectivity index (χ4n) is 1.52. The van der Waals surface area contributed by atoms with E-state index in [0.29, 0.717) is 0 Å². The first-order valence-electron chi connectivity index (χ1n) is 5.35. The van der Waals surface area contributed by atoms with Crippen LogP contribution >= 0.6 is 0 Å². The molecule has 0 saturated carbocycles. The molecule has 2 atom stereocenters. The van der Waals surface area contributed by atoms with E-state index >= 15 is 0 Å². The molecule has 0 aliphatic rings. The van der Waals surface area contributed by atoms with E-state index in [4.69, 9.17) is 10.6 Å². The normalized spacial score (nSPS) is 15.1. The van der Waals surface area contributed by atoms with Gasteiger partial charge in [-0.2, -0.15) is 0 Å². The minimum Gasteiger partial charge on any atom is -0.380 e. The zero-order valence-corrected chi connectivity index (χ0v) is 9.68. The molecule has 2 unspecified atom stereocenters. The molecule has 0 aromatic rings. The highest BCUT2D eigenvalue weighted by Crippen LogP contribution is 2.14. The lowest BCUT2D eigenvalue weighted by atomic mass is 9.98. The second-order valence-electron chi connectivity index (χ2n) is 3.64. The van der Waals surface area contributed by atoms with Gasteiger partial charge in [-0.1, -0.05) is 32.4 Å². The van der Waals surface area contributed by atoms with Gasteiger partial charge in [0, 0.05) is 7.11 Å². The summed E-state index contributed by atoms with van der Waals surface area (Å²) in [6.45, 7) is 8.24. The molecule has 3 N–H and O–H groups in total. The third-order valence-electron chi connectivity index (χ3n) is 2.55. The molecule has 0 amide bonds. The molecular formula is C11H24N2O. The molecule has 3 nitrogen and oxygen atoms in total. The number of hydrazine groups is 1.